The van der Waals surface area contributed by atoms with E-state index in [2.05, 4.69) is 100 Å². The fraction of sp³-hybridized carbons (Fsp3) is 0.407. The molecule has 0 atom stereocenters. The minimum absolute atomic E-state index is 1.14. The first-order chi connectivity index (χ1) is 16.1. The molecule has 0 saturated carbocycles. The Morgan fingerprint density at radius 3 is 1.85 bits per heavy atom. The number of likely N-dealkylation sites (N-methyl/N-ethyl adjacent to an activating group) is 2. The summed E-state index contributed by atoms with van der Waals surface area (Å²) in [6, 6.07) is 17.5. The molecule has 2 aliphatic heterocycles. The zero-order valence-electron chi connectivity index (χ0n) is 20.1. The van der Waals surface area contributed by atoms with Gasteiger partial charge in [-0.1, -0.05) is 18.2 Å². The number of fused-ring (bicyclic) bond motifs is 2. The molecule has 4 heterocycles. The van der Waals surface area contributed by atoms with Crippen LogP contribution in [-0.2, 0) is 0 Å². The van der Waals surface area contributed by atoms with Crippen LogP contribution in [0.4, 0.5) is 5.69 Å². The van der Waals surface area contributed by atoms with E-state index in [1.165, 1.54) is 57.6 Å². The van der Waals surface area contributed by atoms with Gasteiger partial charge in [0, 0.05) is 72.8 Å². The molecule has 0 spiro atoms. The highest BCUT2D eigenvalue weighted by molar-refractivity contribution is 7.17. The molecule has 2 aromatic heterocycles. The molecule has 2 aliphatic rings. The first-order valence-electron chi connectivity index (χ1n) is 11.8. The van der Waals surface area contributed by atoms with Gasteiger partial charge in [-0.3, -0.25) is 0 Å². The molecule has 4 aromatic rings. The van der Waals surface area contributed by atoms with E-state index in [-0.39, 0.29) is 0 Å². The fourth-order valence-electron chi connectivity index (χ4n) is 4.22. The Morgan fingerprint density at radius 2 is 1.24 bits per heavy atom. The molecule has 0 unspecified atom stereocenters. The zero-order valence-corrected chi connectivity index (χ0v) is 21.7. The quantitative estimate of drug-likeness (QED) is 0.395. The topological polar surface area (TPSA) is 21.8 Å². The van der Waals surface area contributed by atoms with Crippen LogP contribution in [0.15, 0.2) is 59.3 Å². The van der Waals surface area contributed by atoms with E-state index in [1.54, 1.807) is 11.3 Å². The van der Waals surface area contributed by atoms with Crippen molar-refractivity contribution in [3.8, 4) is 0 Å². The second-order valence-corrected chi connectivity index (χ2v) is 10.8. The molecule has 6 heteroatoms. The minimum atomic E-state index is 1.14. The van der Waals surface area contributed by atoms with Gasteiger partial charge in [0.05, 0.1) is 0 Å². The first kappa shape index (κ1) is 24.2. The van der Waals surface area contributed by atoms with Gasteiger partial charge in [-0.15, -0.1) is 22.7 Å². The van der Waals surface area contributed by atoms with Gasteiger partial charge in [-0.2, -0.15) is 0 Å². The predicted molar refractivity (Wildman–Crippen MR) is 148 cm³/mol. The zero-order chi connectivity index (χ0) is 23.0. The van der Waals surface area contributed by atoms with Crippen LogP contribution in [0, 0.1) is 6.92 Å². The molecule has 2 fully saturated rings. The lowest BCUT2D eigenvalue weighted by Gasteiger charge is -2.34. The van der Waals surface area contributed by atoms with Crippen LogP contribution < -0.4 is 10.2 Å². The van der Waals surface area contributed by atoms with Crippen molar-refractivity contribution in [2.75, 3.05) is 71.4 Å². The van der Waals surface area contributed by atoms with Crippen LogP contribution in [0.2, 0.25) is 0 Å². The number of nitrogens with zero attached hydrogens (tertiary/aromatic N) is 3. The van der Waals surface area contributed by atoms with E-state index in [4.69, 9.17) is 0 Å². The maximum Gasteiger partial charge on any atom is 0.0455 e. The Labute approximate surface area is 206 Å². The van der Waals surface area contributed by atoms with Crippen LogP contribution in [-0.4, -0.2) is 76.3 Å². The summed E-state index contributed by atoms with van der Waals surface area (Å²) in [4.78, 5) is 7.23. The SMILES string of the molecule is CN1CCN(c2cccc3sccc23)CC1.CN1CCNCC1.Cc1cccc2sccc12. The van der Waals surface area contributed by atoms with Gasteiger partial charge in [0.25, 0.3) is 0 Å². The molecule has 2 saturated heterocycles. The summed E-state index contributed by atoms with van der Waals surface area (Å²) >= 11 is 3.63. The van der Waals surface area contributed by atoms with Crippen molar-refractivity contribution in [1.82, 2.24) is 15.1 Å². The first-order valence-corrected chi connectivity index (χ1v) is 13.6. The van der Waals surface area contributed by atoms with E-state index in [9.17, 15) is 0 Å². The second kappa shape index (κ2) is 12.0. The highest BCUT2D eigenvalue weighted by Crippen LogP contribution is 2.30. The van der Waals surface area contributed by atoms with E-state index < -0.39 is 0 Å². The van der Waals surface area contributed by atoms with Gasteiger partial charge >= 0.3 is 0 Å². The van der Waals surface area contributed by atoms with E-state index in [0.717, 1.165) is 26.2 Å². The lowest BCUT2D eigenvalue weighted by atomic mass is 10.2. The molecule has 2 aromatic carbocycles. The normalized spacial score (nSPS) is 17.4. The van der Waals surface area contributed by atoms with Crippen molar-refractivity contribution < 1.29 is 0 Å². The summed E-state index contributed by atoms with van der Waals surface area (Å²) < 4.78 is 2.79. The van der Waals surface area contributed by atoms with Gasteiger partial charge in [0.1, 0.15) is 0 Å². The summed E-state index contributed by atoms with van der Waals surface area (Å²) in [7, 11) is 4.35. The molecule has 4 nitrogen and oxygen atoms in total. The molecule has 0 amide bonds. The highest BCUT2D eigenvalue weighted by Gasteiger charge is 2.16. The maximum atomic E-state index is 3.27. The molecule has 0 aliphatic carbocycles. The van der Waals surface area contributed by atoms with Crippen LogP contribution in [0.3, 0.4) is 0 Å². The number of hydrogen-bond acceptors (Lipinski definition) is 6. The van der Waals surface area contributed by atoms with Crippen molar-refractivity contribution in [3.05, 3.63) is 64.9 Å². The van der Waals surface area contributed by atoms with Crippen LogP contribution in [0.5, 0.6) is 0 Å². The number of hydrogen-bond donors (Lipinski definition) is 1. The largest absolute Gasteiger partial charge is 0.368 e. The minimum Gasteiger partial charge on any atom is -0.368 e. The van der Waals surface area contributed by atoms with Gasteiger partial charge in [-0.05, 0) is 73.1 Å². The van der Waals surface area contributed by atoms with Crippen LogP contribution >= 0.6 is 22.7 Å². The summed E-state index contributed by atoms with van der Waals surface area (Å²) in [6.07, 6.45) is 0. The van der Waals surface area contributed by atoms with E-state index >= 15 is 0 Å². The second-order valence-electron chi connectivity index (χ2n) is 8.86. The average Bonchev–Trinajstić information content (AvgIpc) is 3.51. The van der Waals surface area contributed by atoms with Crippen LogP contribution in [0.25, 0.3) is 20.2 Å². The number of piperazine rings is 2. The molecule has 6 rings (SSSR count). The Kier molecular flexibility index (Phi) is 8.75. The van der Waals surface area contributed by atoms with Crippen molar-refractivity contribution in [1.29, 1.82) is 0 Å². The Hall–Kier alpha value is -1.96. The summed E-state index contributed by atoms with van der Waals surface area (Å²) in [6.45, 7) is 11.5. The number of rotatable bonds is 1. The van der Waals surface area contributed by atoms with Crippen LogP contribution in [0.1, 0.15) is 5.56 Å². The molecule has 1 N–H and O–H groups in total. The Bertz CT molecular complexity index is 1120. The molecular weight excluding hydrogens is 444 g/mol. The third-order valence-corrected chi connectivity index (χ3v) is 8.14. The summed E-state index contributed by atoms with van der Waals surface area (Å²) in [5.74, 6) is 0. The number of benzene rings is 2. The lowest BCUT2D eigenvalue weighted by Crippen LogP contribution is -2.44. The molecular formula is C27H36N4S2. The van der Waals surface area contributed by atoms with Gasteiger partial charge in [-0.25, -0.2) is 0 Å². The smallest absolute Gasteiger partial charge is 0.0455 e. The molecule has 0 bridgehead atoms. The maximum absolute atomic E-state index is 3.27. The number of nitrogens with one attached hydrogen (secondary N) is 1. The Balaban J connectivity index is 0.000000130. The lowest BCUT2D eigenvalue weighted by molar-refractivity contribution is 0.291. The summed E-state index contributed by atoms with van der Waals surface area (Å²) in [5, 5.41) is 10.4. The average molecular weight is 481 g/mol. The van der Waals surface area contributed by atoms with Crippen molar-refractivity contribution >= 4 is 48.5 Å². The van der Waals surface area contributed by atoms with Crippen molar-refractivity contribution in [2.24, 2.45) is 0 Å². The van der Waals surface area contributed by atoms with Crippen molar-refractivity contribution in [2.45, 2.75) is 6.92 Å². The third kappa shape index (κ3) is 6.55. The standard InChI is InChI=1S/C13H16N2S.C9H8S.C5H12N2/c1-14-6-8-15(9-7-14)12-3-2-4-13-11(12)5-10-16-13;1-7-3-2-4-9-8(7)5-6-10-9;1-7-4-2-6-3-5-7/h2-5,10H,6-9H2,1H3;2-6H,1H3;6H,2-5H2,1H3. The molecule has 176 valence electrons. The third-order valence-electron chi connectivity index (χ3n) is 6.37. The molecule has 33 heavy (non-hydrogen) atoms. The van der Waals surface area contributed by atoms with Gasteiger partial charge in [0.2, 0.25) is 0 Å². The van der Waals surface area contributed by atoms with Gasteiger partial charge in [0.15, 0.2) is 0 Å². The number of aryl methyl sites for hydroxylation is 1. The highest BCUT2D eigenvalue weighted by atomic mass is 32.1. The van der Waals surface area contributed by atoms with Gasteiger partial charge < -0.3 is 20.0 Å². The summed E-state index contributed by atoms with van der Waals surface area (Å²) in [5.41, 5.74) is 2.78. The Morgan fingerprint density at radius 1 is 0.667 bits per heavy atom. The van der Waals surface area contributed by atoms with E-state index in [1.807, 2.05) is 11.3 Å². The molecule has 0 radical (unpaired) electrons. The fourth-order valence-corrected chi connectivity index (χ4v) is 5.89. The predicted octanol–water partition coefficient (Wildman–Crippen LogP) is 5.38. The van der Waals surface area contributed by atoms with E-state index in [0.29, 0.717) is 0 Å². The number of thiophene rings is 2. The van der Waals surface area contributed by atoms with Crippen molar-refractivity contribution in [3.63, 3.8) is 0 Å². The number of anilines is 1. The monoisotopic (exact) mass is 480 g/mol.